The van der Waals surface area contributed by atoms with Crippen molar-refractivity contribution in [1.29, 1.82) is 0 Å². The number of carbonyl (C=O) groups excluding carboxylic acids is 1. The van der Waals surface area contributed by atoms with Crippen LogP contribution in [0.15, 0.2) is 29.2 Å². The lowest BCUT2D eigenvalue weighted by Crippen LogP contribution is -2.34. The van der Waals surface area contributed by atoms with Crippen molar-refractivity contribution >= 4 is 40.4 Å². The van der Waals surface area contributed by atoms with Crippen molar-refractivity contribution in [2.75, 3.05) is 7.05 Å². The average molecular weight is 399 g/mol. The number of pyridine rings is 1. The maximum absolute atomic E-state index is 12.8. The van der Waals surface area contributed by atoms with Gasteiger partial charge in [-0.3, -0.25) is 9.59 Å². The first-order valence-corrected chi connectivity index (χ1v) is 8.10. The van der Waals surface area contributed by atoms with E-state index in [0.717, 1.165) is 4.88 Å². The normalized spacial score (nSPS) is 11.6. The number of halogens is 5. The van der Waals surface area contributed by atoms with Gasteiger partial charge in [-0.25, -0.2) is 0 Å². The van der Waals surface area contributed by atoms with Crippen LogP contribution in [-0.2, 0) is 24.1 Å². The first kappa shape index (κ1) is 18.8. The quantitative estimate of drug-likeness (QED) is 0.783. The molecule has 1 amide bonds. The Labute approximate surface area is 149 Å². The molecule has 0 saturated carbocycles. The fraction of sp³-hybridized carbons (Fsp3) is 0.286. The van der Waals surface area contributed by atoms with Crippen molar-refractivity contribution in [1.82, 2.24) is 9.47 Å². The maximum Gasteiger partial charge on any atom is 0.417 e. The highest BCUT2D eigenvalue weighted by molar-refractivity contribution is 7.16. The van der Waals surface area contributed by atoms with Crippen molar-refractivity contribution in [2.24, 2.45) is 0 Å². The molecule has 0 atom stereocenters. The molecule has 0 fully saturated rings. The molecule has 130 valence electrons. The van der Waals surface area contributed by atoms with Crippen LogP contribution in [0.4, 0.5) is 13.2 Å². The summed E-state index contributed by atoms with van der Waals surface area (Å²) in [6.07, 6.45) is -4.08. The fourth-order valence-electron chi connectivity index (χ4n) is 1.90. The molecule has 0 spiro atoms. The van der Waals surface area contributed by atoms with Gasteiger partial charge in [-0.1, -0.05) is 23.2 Å². The van der Waals surface area contributed by atoms with E-state index in [2.05, 4.69) is 0 Å². The van der Waals surface area contributed by atoms with Crippen LogP contribution in [-0.4, -0.2) is 22.4 Å². The summed E-state index contributed by atoms with van der Waals surface area (Å²) >= 11 is 12.6. The lowest BCUT2D eigenvalue weighted by Gasteiger charge is -2.18. The first-order valence-electron chi connectivity index (χ1n) is 6.53. The minimum Gasteiger partial charge on any atom is -0.339 e. The smallest absolute Gasteiger partial charge is 0.339 e. The van der Waals surface area contributed by atoms with Crippen LogP contribution in [0, 0.1) is 0 Å². The standard InChI is InChI=1S/C14H11Cl2F3N2O2S/c1-20(6-9-2-3-11(16)24-9)12(22)7-21-5-8(14(17,18)19)4-10(15)13(21)23/h2-5H,6-7H2,1H3. The van der Waals surface area contributed by atoms with E-state index in [-0.39, 0.29) is 6.54 Å². The minimum atomic E-state index is -4.66. The van der Waals surface area contributed by atoms with Gasteiger partial charge in [0.05, 0.1) is 16.4 Å². The second-order valence-corrected chi connectivity index (χ2v) is 7.17. The van der Waals surface area contributed by atoms with E-state index >= 15 is 0 Å². The van der Waals surface area contributed by atoms with Gasteiger partial charge in [0.1, 0.15) is 11.6 Å². The Morgan fingerprint density at radius 1 is 1.33 bits per heavy atom. The SMILES string of the molecule is CN(Cc1ccc(Cl)s1)C(=O)Cn1cc(C(F)(F)F)cc(Cl)c1=O. The van der Waals surface area contributed by atoms with Crippen molar-refractivity contribution in [3.63, 3.8) is 0 Å². The Morgan fingerprint density at radius 2 is 2.00 bits per heavy atom. The number of nitrogens with zero attached hydrogens (tertiary/aromatic N) is 2. The van der Waals surface area contributed by atoms with Crippen LogP contribution in [0.2, 0.25) is 9.36 Å². The van der Waals surface area contributed by atoms with Gasteiger partial charge in [0, 0.05) is 18.1 Å². The van der Waals surface area contributed by atoms with E-state index in [1.165, 1.54) is 23.3 Å². The topological polar surface area (TPSA) is 42.3 Å². The second-order valence-electron chi connectivity index (χ2n) is 4.96. The number of likely N-dealkylation sites (N-methyl/N-ethyl adjacent to an activating group) is 1. The van der Waals surface area contributed by atoms with E-state index < -0.39 is 34.8 Å². The Bertz CT molecular complexity index is 817. The predicted octanol–water partition coefficient (Wildman–Crippen LogP) is 3.89. The number of carbonyl (C=O) groups is 1. The van der Waals surface area contributed by atoms with Gasteiger partial charge in [0.25, 0.3) is 5.56 Å². The Balaban J connectivity index is 2.19. The van der Waals surface area contributed by atoms with Crippen LogP contribution in [0.5, 0.6) is 0 Å². The number of amides is 1. The van der Waals surface area contributed by atoms with E-state index in [9.17, 15) is 22.8 Å². The number of hydrogen-bond donors (Lipinski definition) is 0. The highest BCUT2D eigenvalue weighted by Gasteiger charge is 2.32. The van der Waals surface area contributed by atoms with Gasteiger partial charge in [0.15, 0.2) is 0 Å². The molecule has 0 bridgehead atoms. The third kappa shape index (κ3) is 4.52. The zero-order valence-corrected chi connectivity index (χ0v) is 14.6. The van der Waals surface area contributed by atoms with Crippen molar-refractivity contribution in [3.05, 3.63) is 54.5 Å². The Kier molecular flexibility index (Phi) is 5.62. The van der Waals surface area contributed by atoms with Crippen molar-refractivity contribution in [2.45, 2.75) is 19.3 Å². The van der Waals surface area contributed by atoms with E-state index in [0.29, 0.717) is 21.2 Å². The molecular formula is C14H11Cl2F3N2O2S. The molecule has 2 heterocycles. The molecule has 2 aromatic heterocycles. The molecule has 0 saturated heterocycles. The molecule has 0 aliphatic rings. The molecule has 0 aliphatic heterocycles. The molecule has 0 aromatic carbocycles. The van der Waals surface area contributed by atoms with Crippen LogP contribution < -0.4 is 5.56 Å². The molecule has 4 nitrogen and oxygen atoms in total. The fourth-order valence-corrected chi connectivity index (χ4v) is 3.26. The zero-order valence-electron chi connectivity index (χ0n) is 12.2. The zero-order chi connectivity index (χ0) is 18.1. The number of aromatic nitrogens is 1. The van der Waals surface area contributed by atoms with Gasteiger partial charge < -0.3 is 9.47 Å². The Hall–Kier alpha value is -1.51. The minimum absolute atomic E-state index is 0.234. The average Bonchev–Trinajstić information content (AvgIpc) is 2.87. The van der Waals surface area contributed by atoms with Crippen LogP contribution >= 0.6 is 34.5 Å². The number of rotatable bonds is 4. The van der Waals surface area contributed by atoms with Crippen LogP contribution in [0.25, 0.3) is 0 Å². The molecule has 0 unspecified atom stereocenters. The maximum atomic E-state index is 12.8. The largest absolute Gasteiger partial charge is 0.417 e. The first-order chi connectivity index (χ1) is 11.1. The van der Waals surface area contributed by atoms with Crippen molar-refractivity contribution < 1.29 is 18.0 Å². The summed E-state index contributed by atoms with van der Waals surface area (Å²) < 4.78 is 39.6. The van der Waals surface area contributed by atoms with Crippen LogP contribution in [0.3, 0.4) is 0 Å². The molecular weight excluding hydrogens is 388 g/mol. The van der Waals surface area contributed by atoms with Gasteiger partial charge >= 0.3 is 6.18 Å². The van der Waals surface area contributed by atoms with Gasteiger partial charge in [-0.2, -0.15) is 13.2 Å². The van der Waals surface area contributed by atoms with E-state index in [1.807, 2.05) is 0 Å². The predicted molar refractivity (Wildman–Crippen MR) is 86.5 cm³/mol. The summed E-state index contributed by atoms with van der Waals surface area (Å²) in [6, 6.07) is 3.96. The summed E-state index contributed by atoms with van der Waals surface area (Å²) in [5.74, 6) is -0.531. The van der Waals surface area contributed by atoms with E-state index in [1.54, 1.807) is 12.1 Å². The molecule has 0 radical (unpaired) electrons. The second kappa shape index (κ2) is 7.16. The van der Waals surface area contributed by atoms with Gasteiger partial charge in [0.2, 0.25) is 5.91 Å². The van der Waals surface area contributed by atoms with Crippen LogP contribution in [0.1, 0.15) is 10.4 Å². The summed E-state index contributed by atoms with van der Waals surface area (Å²) in [6.45, 7) is -0.310. The molecule has 2 aromatic rings. The lowest BCUT2D eigenvalue weighted by molar-refractivity contribution is -0.138. The monoisotopic (exact) mass is 398 g/mol. The van der Waals surface area contributed by atoms with Gasteiger partial charge in [-0.05, 0) is 18.2 Å². The van der Waals surface area contributed by atoms with E-state index in [4.69, 9.17) is 23.2 Å². The highest BCUT2D eigenvalue weighted by Crippen LogP contribution is 2.29. The molecule has 24 heavy (non-hydrogen) atoms. The molecule has 0 N–H and O–H groups in total. The number of thiophene rings is 1. The number of hydrogen-bond acceptors (Lipinski definition) is 3. The van der Waals surface area contributed by atoms with Crippen molar-refractivity contribution in [3.8, 4) is 0 Å². The molecule has 10 heteroatoms. The summed E-state index contributed by atoms with van der Waals surface area (Å²) in [5, 5.41) is -0.592. The number of alkyl halides is 3. The lowest BCUT2D eigenvalue weighted by atomic mass is 10.2. The third-order valence-electron chi connectivity index (χ3n) is 3.12. The molecule has 2 rings (SSSR count). The summed E-state index contributed by atoms with van der Waals surface area (Å²) in [5.41, 5.74) is -1.95. The summed E-state index contributed by atoms with van der Waals surface area (Å²) in [7, 11) is 1.48. The van der Waals surface area contributed by atoms with Gasteiger partial charge in [-0.15, -0.1) is 11.3 Å². The summed E-state index contributed by atoms with van der Waals surface area (Å²) in [4.78, 5) is 26.1. The molecule has 0 aliphatic carbocycles. The Morgan fingerprint density at radius 3 is 2.54 bits per heavy atom. The third-order valence-corrected chi connectivity index (χ3v) is 4.61. The highest BCUT2D eigenvalue weighted by atomic mass is 35.5.